The Balaban J connectivity index is 1.69. The lowest BCUT2D eigenvalue weighted by Crippen LogP contribution is -2.30. The number of carbonyl (C=O) groups is 1. The van der Waals surface area contributed by atoms with E-state index in [-0.39, 0.29) is 12.5 Å². The topological polar surface area (TPSA) is 38.3 Å². The van der Waals surface area contributed by atoms with Crippen LogP contribution in [0.25, 0.3) is 0 Å². The standard InChI is InChI=1S/C17H22ClNO2/c1-13-7-8-15(18)16(11-13)21-12-17(20)19-10-9-14-5-3-2-4-6-14/h5,7-8,11H,2-4,6,9-10,12H2,1H3,(H,19,20). The number of carbonyl (C=O) groups excluding carboxylic acids is 1. The molecule has 0 aromatic heterocycles. The summed E-state index contributed by atoms with van der Waals surface area (Å²) in [5.41, 5.74) is 2.52. The van der Waals surface area contributed by atoms with Crippen molar-refractivity contribution in [2.45, 2.75) is 39.0 Å². The van der Waals surface area contributed by atoms with E-state index in [0.717, 1.165) is 12.0 Å². The molecule has 1 aromatic rings. The molecule has 1 aliphatic carbocycles. The number of hydrogen-bond acceptors (Lipinski definition) is 2. The van der Waals surface area contributed by atoms with E-state index in [1.807, 2.05) is 19.1 Å². The summed E-state index contributed by atoms with van der Waals surface area (Å²) in [7, 11) is 0. The minimum absolute atomic E-state index is 0.00220. The molecule has 0 saturated heterocycles. The minimum atomic E-state index is -0.107. The molecule has 0 spiro atoms. The van der Waals surface area contributed by atoms with Gasteiger partial charge >= 0.3 is 0 Å². The molecule has 21 heavy (non-hydrogen) atoms. The maximum Gasteiger partial charge on any atom is 0.257 e. The lowest BCUT2D eigenvalue weighted by molar-refractivity contribution is -0.123. The summed E-state index contributed by atoms with van der Waals surface area (Å²) in [5, 5.41) is 3.41. The summed E-state index contributed by atoms with van der Waals surface area (Å²) < 4.78 is 5.46. The number of hydrogen-bond donors (Lipinski definition) is 1. The molecule has 0 heterocycles. The normalized spacial score (nSPS) is 14.5. The van der Waals surface area contributed by atoms with Crippen LogP contribution in [0.3, 0.4) is 0 Å². The highest BCUT2D eigenvalue weighted by Crippen LogP contribution is 2.25. The van der Waals surface area contributed by atoms with E-state index >= 15 is 0 Å². The quantitative estimate of drug-likeness (QED) is 0.806. The zero-order chi connectivity index (χ0) is 15.1. The number of benzene rings is 1. The van der Waals surface area contributed by atoms with Gasteiger partial charge in [-0.2, -0.15) is 0 Å². The van der Waals surface area contributed by atoms with Gasteiger partial charge in [0.25, 0.3) is 5.91 Å². The molecule has 114 valence electrons. The second kappa shape index (κ2) is 8.08. The van der Waals surface area contributed by atoms with E-state index < -0.39 is 0 Å². The summed E-state index contributed by atoms with van der Waals surface area (Å²) in [6.45, 7) is 2.64. The van der Waals surface area contributed by atoms with Crippen LogP contribution >= 0.6 is 11.6 Å². The molecule has 3 nitrogen and oxygen atoms in total. The zero-order valence-electron chi connectivity index (χ0n) is 12.5. The van der Waals surface area contributed by atoms with Crippen molar-refractivity contribution >= 4 is 17.5 Å². The Labute approximate surface area is 131 Å². The van der Waals surface area contributed by atoms with Gasteiger partial charge in [0.15, 0.2) is 6.61 Å². The summed E-state index contributed by atoms with van der Waals surface area (Å²) in [6, 6.07) is 5.52. The summed E-state index contributed by atoms with van der Waals surface area (Å²) >= 11 is 6.02. The van der Waals surface area contributed by atoms with Gasteiger partial charge in [-0.25, -0.2) is 0 Å². The molecule has 2 rings (SSSR count). The van der Waals surface area contributed by atoms with Crippen LogP contribution in [0.5, 0.6) is 5.75 Å². The van der Waals surface area contributed by atoms with Crippen molar-refractivity contribution in [1.82, 2.24) is 5.32 Å². The van der Waals surface area contributed by atoms with Crippen LogP contribution in [0.1, 0.15) is 37.7 Å². The number of aryl methyl sites for hydroxylation is 1. The highest BCUT2D eigenvalue weighted by atomic mass is 35.5. The number of ether oxygens (including phenoxy) is 1. The highest BCUT2D eigenvalue weighted by Gasteiger charge is 2.07. The fraction of sp³-hybridized carbons (Fsp3) is 0.471. The predicted molar refractivity (Wildman–Crippen MR) is 85.9 cm³/mol. The molecule has 0 bridgehead atoms. The Hall–Kier alpha value is -1.48. The van der Waals surface area contributed by atoms with Crippen molar-refractivity contribution in [2.75, 3.05) is 13.2 Å². The summed E-state index contributed by atoms with van der Waals surface area (Å²) in [6.07, 6.45) is 8.16. The minimum Gasteiger partial charge on any atom is -0.482 e. The second-order valence-electron chi connectivity index (χ2n) is 5.43. The van der Waals surface area contributed by atoms with Crippen LogP contribution < -0.4 is 10.1 Å². The number of halogens is 1. The Kier molecular flexibility index (Phi) is 6.12. The van der Waals surface area contributed by atoms with E-state index in [4.69, 9.17) is 16.3 Å². The number of allylic oxidation sites excluding steroid dienone is 1. The van der Waals surface area contributed by atoms with Crippen molar-refractivity contribution in [3.8, 4) is 5.75 Å². The Bertz CT molecular complexity index is 526. The van der Waals surface area contributed by atoms with Gasteiger partial charge in [-0.05, 0) is 56.7 Å². The fourth-order valence-corrected chi connectivity index (χ4v) is 2.58. The summed E-state index contributed by atoms with van der Waals surface area (Å²) in [4.78, 5) is 11.8. The maximum absolute atomic E-state index is 11.8. The van der Waals surface area contributed by atoms with Gasteiger partial charge in [-0.15, -0.1) is 0 Å². The monoisotopic (exact) mass is 307 g/mol. The lowest BCUT2D eigenvalue weighted by atomic mass is 9.97. The third kappa shape index (κ3) is 5.43. The lowest BCUT2D eigenvalue weighted by Gasteiger charge is -2.13. The number of amides is 1. The van der Waals surface area contributed by atoms with Gasteiger partial charge in [-0.3, -0.25) is 4.79 Å². The van der Waals surface area contributed by atoms with Crippen LogP contribution in [-0.2, 0) is 4.79 Å². The van der Waals surface area contributed by atoms with Crippen LogP contribution in [0.15, 0.2) is 29.8 Å². The largest absolute Gasteiger partial charge is 0.482 e. The van der Waals surface area contributed by atoms with Crippen molar-refractivity contribution in [3.63, 3.8) is 0 Å². The van der Waals surface area contributed by atoms with E-state index in [1.165, 1.54) is 31.3 Å². The molecule has 0 aliphatic heterocycles. The van der Waals surface area contributed by atoms with E-state index in [0.29, 0.717) is 17.3 Å². The highest BCUT2D eigenvalue weighted by molar-refractivity contribution is 6.32. The van der Waals surface area contributed by atoms with Gasteiger partial charge in [0.2, 0.25) is 0 Å². The Morgan fingerprint density at radius 2 is 2.24 bits per heavy atom. The molecule has 0 unspecified atom stereocenters. The molecule has 4 heteroatoms. The van der Waals surface area contributed by atoms with Crippen molar-refractivity contribution in [1.29, 1.82) is 0 Å². The smallest absolute Gasteiger partial charge is 0.257 e. The van der Waals surface area contributed by atoms with Crippen molar-refractivity contribution in [2.24, 2.45) is 0 Å². The van der Waals surface area contributed by atoms with Gasteiger partial charge in [0.05, 0.1) is 5.02 Å². The fourth-order valence-electron chi connectivity index (χ4n) is 2.41. The first-order valence-corrected chi connectivity index (χ1v) is 7.86. The Morgan fingerprint density at radius 1 is 1.38 bits per heavy atom. The van der Waals surface area contributed by atoms with Crippen LogP contribution in [-0.4, -0.2) is 19.1 Å². The molecule has 0 saturated carbocycles. The van der Waals surface area contributed by atoms with Crippen LogP contribution in [0, 0.1) is 6.92 Å². The molecule has 0 radical (unpaired) electrons. The molecule has 0 atom stereocenters. The first-order chi connectivity index (χ1) is 10.1. The average molecular weight is 308 g/mol. The third-order valence-corrected chi connectivity index (χ3v) is 3.91. The third-order valence-electron chi connectivity index (χ3n) is 3.60. The van der Waals surface area contributed by atoms with Gasteiger partial charge in [-0.1, -0.05) is 29.3 Å². The van der Waals surface area contributed by atoms with Crippen LogP contribution in [0.2, 0.25) is 5.02 Å². The average Bonchev–Trinajstić information content (AvgIpc) is 2.49. The molecular formula is C17H22ClNO2. The van der Waals surface area contributed by atoms with Crippen molar-refractivity contribution < 1.29 is 9.53 Å². The molecule has 0 fully saturated rings. The first-order valence-electron chi connectivity index (χ1n) is 7.49. The van der Waals surface area contributed by atoms with Gasteiger partial charge in [0, 0.05) is 6.54 Å². The SMILES string of the molecule is Cc1ccc(Cl)c(OCC(=O)NCCC2=CCCCC2)c1. The zero-order valence-corrected chi connectivity index (χ0v) is 13.2. The van der Waals surface area contributed by atoms with Crippen molar-refractivity contribution in [3.05, 3.63) is 40.4 Å². The summed E-state index contributed by atoms with van der Waals surface area (Å²) in [5.74, 6) is 0.450. The number of rotatable bonds is 6. The maximum atomic E-state index is 11.8. The molecular weight excluding hydrogens is 286 g/mol. The second-order valence-corrected chi connectivity index (χ2v) is 5.84. The predicted octanol–water partition coefficient (Wildman–Crippen LogP) is 4.03. The van der Waals surface area contributed by atoms with Crippen LogP contribution in [0.4, 0.5) is 0 Å². The Morgan fingerprint density at radius 3 is 3.00 bits per heavy atom. The molecule has 1 N–H and O–H groups in total. The first kappa shape index (κ1) is 15.9. The molecule has 1 aromatic carbocycles. The number of nitrogens with one attached hydrogen (secondary N) is 1. The van der Waals surface area contributed by atoms with E-state index in [2.05, 4.69) is 11.4 Å². The molecule has 1 amide bonds. The van der Waals surface area contributed by atoms with Gasteiger partial charge < -0.3 is 10.1 Å². The van der Waals surface area contributed by atoms with Gasteiger partial charge in [0.1, 0.15) is 5.75 Å². The molecule has 1 aliphatic rings. The van der Waals surface area contributed by atoms with E-state index in [1.54, 1.807) is 6.07 Å². The van der Waals surface area contributed by atoms with E-state index in [9.17, 15) is 4.79 Å².